The number of methoxy groups -OCH3 is 2. The van der Waals surface area contributed by atoms with Crippen LogP contribution in [0.2, 0.25) is 0 Å². The van der Waals surface area contributed by atoms with Gasteiger partial charge in [-0.1, -0.05) is 0 Å². The van der Waals surface area contributed by atoms with Gasteiger partial charge in [-0.15, -0.1) is 0 Å². The first kappa shape index (κ1) is 15.4. The Labute approximate surface area is 127 Å². The van der Waals surface area contributed by atoms with E-state index in [1.165, 1.54) is 25.3 Å². The summed E-state index contributed by atoms with van der Waals surface area (Å²) in [7, 11) is 2.92. The van der Waals surface area contributed by atoms with Crippen LogP contribution in [0.15, 0.2) is 42.5 Å². The fourth-order valence-corrected chi connectivity index (χ4v) is 1.89. The number of nitrogens with one attached hydrogen (secondary N) is 1. The highest BCUT2D eigenvalue weighted by molar-refractivity contribution is 6.04. The van der Waals surface area contributed by atoms with Gasteiger partial charge in [0.15, 0.2) is 0 Å². The van der Waals surface area contributed by atoms with Crippen molar-refractivity contribution >= 4 is 17.6 Å². The minimum absolute atomic E-state index is 0.0324. The number of hydrogen-bond donors (Lipinski definition) is 2. The van der Waals surface area contributed by atoms with Gasteiger partial charge in [0, 0.05) is 17.3 Å². The summed E-state index contributed by atoms with van der Waals surface area (Å²) in [5, 5.41) is 11.7. The van der Waals surface area contributed by atoms with Gasteiger partial charge in [0.1, 0.15) is 17.1 Å². The zero-order valence-electron chi connectivity index (χ0n) is 12.1. The minimum Gasteiger partial charge on any atom is -0.497 e. The number of amides is 1. The summed E-state index contributed by atoms with van der Waals surface area (Å²) in [5.41, 5.74) is 0.940. The van der Waals surface area contributed by atoms with E-state index < -0.39 is 5.97 Å². The Morgan fingerprint density at radius 3 is 2.23 bits per heavy atom. The third kappa shape index (κ3) is 3.35. The van der Waals surface area contributed by atoms with Crippen molar-refractivity contribution in [3.8, 4) is 11.5 Å². The second-order valence-electron chi connectivity index (χ2n) is 4.40. The zero-order valence-corrected chi connectivity index (χ0v) is 12.1. The predicted molar refractivity (Wildman–Crippen MR) is 80.9 cm³/mol. The molecule has 6 nitrogen and oxygen atoms in total. The molecule has 2 aromatic carbocycles. The van der Waals surface area contributed by atoms with Gasteiger partial charge >= 0.3 is 5.97 Å². The third-order valence-corrected chi connectivity index (χ3v) is 3.04. The molecule has 0 saturated heterocycles. The van der Waals surface area contributed by atoms with Gasteiger partial charge in [-0.2, -0.15) is 0 Å². The lowest BCUT2D eigenvalue weighted by Crippen LogP contribution is -2.12. The van der Waals surface area contributed by atoms with Gasteiger partial charge in [-0.05, 0) is 36.4 Å². The van der Waals surface area contributed by atoms with Crippen molar-refractivity contribution < 1.29 is 24.2 Å². The minimum atomic E-state index is -1.09. The van der Waals surface area contributed by atoms with Gasteiger partial charge in [0.05, 0.1) is 14.2 Å². The molecule has 0 aliphatic carbocycles. The molecule has 2 N–H and O–H groups in total. The van der Waals surface area contributed by atoms with E-state index in [2.05, 4.69) is 5.32 Å². The molecule has 0 fully saturated rings. The standard InChI is InChI=1S/C16H15NO5/c1-21-12-6-3-10(4-7-12)15(18)17-11-5-8-13(16(19)20)14(9-11)22-2/h3-9H,1-2H3,(H,17,18)(H,19,20). The Kier molecular flexibility index (Phi) is 4.63. The first-order valence-electron chi connectivity index (χ1n) is 6.42. The molecule has 2 aromatic rings. The lowest BCUT2D eigenvalue weighted by atomic mass is 10.1. The molecular formula is C16H15NO5. The lowest BCUT2D eigenvalue weighted by molar-refractivity contribution is 0.0693. The van der Waals surface area contributed by atoms with Crippen molar-refractivity contribution in [1.82, 2.24) is 0 Å². The average Bonchev–Trinajstić information content (AvgIpc) is 2.54. The molecule has 0 aliphatic heterocycles. The second kappa shape index (κ2) is 6.62. The molecular weight excluding hydrogens is 286 g/mol. The molecule has 0 radical (unpaired) electrons. The first-order chi connectivity index (χ1) is 10.5. The van der Waals surface area contributed by atoms with Crippen LogP contribution in [0.25, 0.3) is 0 Å². The van der Waals surface area contributed by atoms with Crippen LogP contribution in [-0.4, -0.2) is 31.2 Å². The summed E-state index contributed by atoms with van der Waals surface area (Å²) in [6.07, 6.45) is 0. The van der Waals surface area contributed by atoms with Gasteiger partial charge in [-0.3, -0.25) is 4.79 Å². The molecule has 6 heteroatoms. The number of carboxylic acid groups (broad SMARTS) is 1. The van der Waals surface area contributed by atoms with Crippen LogP contribution in [-0.2, 0) is 0 Å². The summed E-state index contributed by atoms with van der Waals surface area (Å²) in [6, 6.07) is 11.0. The molecule has 0 saturated carbocycles. The topological polar surface area (TPSA) is 84.9 Å². The summed E-state index contributed by atoms with van der Waals surface area (Å²) < 4.78 is 10.0. The molecule has 0 aromatic heterocycles. The number of carbonyl (C=O) groups excluding carboxylic acids is 1. The van der Waals surface area contributed by atoms with Gasteiger partial charge in [-0.25, -0.2) is 4.79 Å². The molecule has 2 rings (SSSR count). The normalized spacial score (nSPS) is 9.91. The zero-order chi connectivity index (χ0) is 16.1. The van der Waals surface area contributed by atoms with Crippen LogP contribution in [0.3, 0.4) is 0 Å². The summed E-state index contributed by atoms with van der Waals surface area (Å²) in [5.74, 6) is -0.568. The van der Waals surface area contributed by atoms with Gasteiger partial charge in [0.25, 0.3) is 5.91 Å². The van der Waals surface area contributed by atoms with E-state index in [0.29, 0.717) is 17.0 Å². The number of anilines is 1. The smallest absolute Gasteiger partial charge is 0.339 e. The maximum absolute atomic E-state index is 12.1. The van der Waals surface area contributed by atoms with Crippen LogP contribution < -0.4 is 14.8 Å². The van der Waals surface area contributed by atoms with Crippen LogP contribution >= 0.6 is 0 Å². The number of rotatable bonds is 5. The number of ether oxygens (including phenoxy) is 2. The average molecular weight is 301 g/mol. The number of benzene rings is 2. The third-order valence-electron chi connectivity index (χ3n) is 3.04. The Hall–Kier alpha value is -3.02. The molecule has 0 spiro atoms. The largest absolute Gasteiger partial charge is 0.497 e. The lowest BCUT2D eigenvalue weighted by Gasteiger charge is -2.09. The predicted octanol–water partition coefficient (Wildman–Crippen LogP) is 2.65. The SMILES string of the molecule is COc1ccc(C(=O)Nc2ccc(C(=O)O)c(OC)c2)cc1. The van der Waals surface area contributed by atoms with E-state index in [0.717, 1.165) is 0 Å². The number of hydrogen-bond acceptors (Lipinski definition) is 4. The molecule has 0 unspecified atom stereocenters. The second-order valence-corrected chi connectivity index (χ2v) is 4.40. The van der Waals surface area contributed by atoms with Crippen molar-refractivity contribution in [2.45, 2.75) is 0 Å². The summed E-state index contributed by atoms with van der Waals surface area (Å²) in [4.78, 5) is 23.1. The van der Waals surface area contributed by atoms with Crippen molar-refractivity contribution in [1.29, 1.82) is 0 Å². The van der Waals surface area contributed by atoms with Crippen LogP contribution in [0.1, 0.15) is 20.7 Å². The van der Waals surface area contributed by atoms with Crippen molar-refractivity contribution in [3.63, 3.8) is 0 Å². The number of aromatic carboxylic acids is 1. The molecule has 1 amide bonds. The fraction of sp³-hybridized carbons (Fsp3) is 0.125. The maximum atomic E-state index is 12.1. The molecule has 0 bridgehead atoms. The highest BCUT2D eigenvalue weighted by Gasteiger charge is 2.13. The summed E-state index contributed by atoms with van der Waals surface area (Å²) in [6.45, 7) is 0. The van der Waals surface area contributed by atoms with E-state index in [-0.39, 0.29) is 17.2 Å². The van der Waals surface area contributed by atoms with Crippen LogP contribution in [0, 0.1) is 0 Å². The van der Waals surface area contributed by atoms with Crippen molar-refractivity contribution in [3.05, 3.63) is 53.6 Å². The van der Waals surface area contributed by atoms with E-state index in [9.17, 15) is 9.59 Å². The fourth-order valence-electron chi connectivity index (χ4n) is 1.89. The van der Waals surface area contributed by atoms with Crippen LogP contribution in [0.4, 0.5) is 5.69 Å². The monoisotopic (exact) mass is 301 g/mol. The number of carbonyl (C=O) groups is 2. The number of carboxylic acids is 1. The highest BCUT2D eigenvalue weighted by Crippen LogP contribution is 2.23. The quantitative estimate of drug-likeness (QED) is 0.887. The molecule has 0 aliphatic rings. The first-order valence-corrected chi connectivity index (χ1v) is 6.42. The molecule has 0 atom stereocenters. The Morgan fingerprint density at radius 2 is 1.68 bits per heavy atom. The van der Waals surface area contributed by atoms with E-state index in [1.807, 2.05) is 0 Å². The molecule has 114 valence electrons. The maximum Gasteiger partial charge on any atom is 0.339 e. The van der Waals surface area contributed by atoms with E-state index in [4.69, 9.17) is 14.6 Å². The molecule has 22 heavy (non-hydrogen) atoms. The van der Waals surface area contributed by atoms with E-state index >= 15 is 0 Å². The highest BCUT2D eigenvalue weighted by atomic mass is 16.5. The van der Waals surface area contributed by atoms with E-state index in [1.54, 1.807) is 31.4 Å². The summed E-state index contributed by atoms with van der Waals surface area (Å²) >= 11 is 0. The van der Waals surface area contributed by atoms with Crippen molar-refractivity contribution in [2.24, 2.45) is 0 Å². The van der Waals surface area contributed by atoms with Crippen molar-refractivity contribution in [2.75, 3.05) is 19.5 Å². The van der Waals surface area contributed by atoms with Gasteiger partial charge < -0.3 is 19.9 Å². The Balaban J connectivity index is 2.18. The Morgan fingerprint density at radius 1 is 1.00 bits per heavy atom. The molecule has 0 heterocycles. The van der Waals surface area contributed by atoms with Gasteiger partial charge in [0.2, 0.25) is 0 Å². The van der Waals surface area contributed by atoms with Crippen LogP contribution in [0.5, 0.6) is 11.5 Å². The Bertz CT molecular complexity index is 694.